The molecule has 2 aromatic heterocycles. The number of ether oxygens (including phenoxy) is 1. The first kappa shape index (κ1) is 23.7. The van der Waals surface area contributed by atoms with E-state index in [-0.39, 0.29) is 24.8 Å². The predicted octanol–water partition coefficient (Wildman–Crippen LogP) is 5.26. The van der Waals surface area contributed by atoms with Gasteiger partial charge in [-0.05, 0) is 51.3 Å². The number of halogens is 2. The number of nitrogens with one attached hydrogen (secondary N) is 1. The van der Waals surface area contributed by atoms with Crippen LogP contribution in [0.5, 0.6) is 5.75 Å². The number of aromatic nitrogens is 2. The van der Waals surface area contributed by atoms with Gasteiger partial charge in [-0.25, -0.2) is 9.97 Å². The van der Waals surface area contributed by atoms with Crippen molar-refractivity contribution in [1.82, 2.24) is 14.9 Å². The maximum absolute atomic E-state index is 5.98. The first-order valence-electron chi connectivity index (χ1n) is 9.37. The molecule has 0 saturated carbocycles. The fourth-order valence-corrected chi connectivity index (χ4v) is 3.18. The minimum atomic E-state index is 0. The number of furan rings is 1. The molecule has 0 bridgehead atoms. The van der Waals surface area contributed by atoms with E-state index in [2.05, 4.69) is 24.3 Å². The van der Waals surface area contributed by atoms with E-state index in [0.29, 0.717) is 11.6 Å². The molecule has 0 aliphatic heterocycles. The summed E-state index contributed by atoms with van der Waals surface area (Å²) in [4.78, 5) is 11.7. The van der Waals surface area contributed by atoms with Crippen LogP contribution in [-0.2, 0) is 0 Å². The molecule has 8 heteroatoms. The van der Waals surface area contributed by atoms with Crippen LogP contribution in [0.2, 0.25) is 0 Å². The van der Waals surface area contributed by atoms with Crippen molar-refractivity contribution in [3.05, 3.63) is 48.5 Å². The second-order valence-electron chi connectivity index (χ2n) is 7.01. The molecule has 0 aliphatic rings. The molecule has 6 nitrogen and oxygen atoms in total. The molecule has 4 aromatic rings. The molecule has 2 heterocycles. The molecular weight excluding hydrogens is 423 g/mol. The Hall–Kier alpha value is -2.54. The molecular formula is C22H26Cl2N4O2. The number of methoxy groups -OCH3 is 1. The number of hydrogen-bond acceptors (Lipinski definition) is 6. The summed E-state index contributed by atoms with van der Waals surface area (Å²) in [6.07, 6.45) is 1.02. The largest absolute Gasteiger partial charge is 0.497 e. The lowest BCUT2D eigenvalue weighted by atomic mass is 10.2. The molecule has 0 amide bonds. The summed E-state index contributed by atoms with van der Waals surface area (Å²) in [5, 5.41) is 5.46. The number of para-hydroxylation sites is 1. The summed E-state index contributed by atoms with van der Waals surface area (Å²) in [6, 6.07) is 15.7. The van der Waals surface area contributed by atoms with Gasteiger partial charge in [0, 0.05) is 23.4 Å². The SMILES string of the molecule is COc1ccc2c(NCCCN(C)C)nc(-c3cc4ccccc4o3)nc2c1.Cl.Cl. The van der Waals surface area contributed by atoms with Crippen molar-refractivity contribution in [2.75, 3.05) is 39.6 Å². The third-order valence-corrected chi connectivity index (χ3v) is 4.62. The van der Waals surface area contributed by atoms with Crippen LogP contribution in [0.1, 0.15) is 6.42 Å². The van der Waals surface area contributed by atoms with Crippen molar-refractivity contribution in [1.29, 1.82) is 0 Å². The standard InChI is InChI=1S/C22H24N4O2.2ClH/c1-26(2)12-6-11-23-21-17-10-9-16(27-3)14-18(17)24-22(25-21)20-13-15-7-4-5-8-19(15)28-20;;/h4-5,7-10,13-14H,6,11-12H2,1-3H3,(H,23,24,25);2*1H. The monoisotopic (exact) mass is 448 g/mol. The number of rotatable bonds is 7. The molecule has 0 unspecified atom stereocenters. The van der Waals surface area contributed by atoms with Crippen molar-refractivity contribution in [3.8, 4) is 17.3 Å². The van der Waals surface area contributed by atoms with E-state index in [9.17, 15) is 0 Å². The summed E-state index contributed by atoms with van der Waals surface area (Å²) < 4.78 is 11.4. The van der Waals surface area contributed by atoms with Gasteiger partial charge in [0.05, 0.1) is 12.6 Å². The van der Waals surface area contributed by atoms with E-state index in [4.69, 9.17) is 19.1 Å². The molecule has 0 spiro atoms. The van der Waals surface area contributed by atoms with E-state index < -0.39 is 0 Å². The maximum Gasteiger partial charge on any atom is 0.198 e. The van der Waals surface area contributed by atoms with Gasteiger partial charge in [0.2, 0.25) is 0 Å². The lowest BCUT2D eigenvalue weighted by Gasteiger charge is -2.13. The topological polar surface area (TPSA) is 63.4 Å². The van der Waals surface area contributed by atoms with Crippen molar-refractivity contribution < 1.29 is 9.15 Å². The molecule has 0 atom stereocenters. The minimum Gasteiger partial charge on any atom is -0.497 e. The Labute approximate surface area is 188 Å². The van der Waals surface area contributed by atoms with Gasteiger partial charge < -0.3 is 19.4 Å². The van der Waals surface area contributed by atoms with Crippen LogP contribution in [-0.4, -0.2) is 49.2 Å². The van der Waals surface area contributed by atoms with Crippen molar-refractivity contribution in [2.24, 2.45) is 0 Å². The molecule has 0 aliphatic carbocycles. The van der Waals surface area contributed by atoms with Gasteiger partial charge in [0.15, 0.2) is 11.6 Å². The van der Waals surface area contributed by atoms with Crippen LogP contribution in [0.3, 0.4) is 0 Å². The van der Waals surface area contributed by atoms with Gasteiger partial charge in [-0.2, -0.15) is 0 Å². The van der Waals surface area contributed by atoms with E-state index in [0.717, 1.165) is 52.9 Å². The van der Waals surface area contributed by atoms with Crippen molar-refractivity contribution in [2.45, 2.75) is 6.42 Å². The Bertz CT molecular complexity index is 1080. The van der Waals surface area contributed by atoms with Crippen LogP contribution in [0.4, 0.5) is 5.82 Å². The normalized spacial score (nSPS) is 10.7. The van der Waals surface area contributed by atoms with Gasteiger partial charge in [0.25, 0.3) is 0 Å². The zero-order valence-electron chi connectivity index (χ0n) is 17.2. The fraction of sp³-hybridized carbons (Fsp3) is 0.273. The second kappa shape index (κ2) is 10.5. The molecule has 1 N–H and O–H groups in total. The first-order chi connectivity index (χ1) is 13.6. The van der Waals surface area contributed by atoms with Gasteiger partial charge in [0.1, 0.15) is 17.2 Å². The van der Waals surface area contributed by atoms with E-state index >= 15 is 0 Å². The highest BCUT2D eigenvalue weighted by Crippen LogP contribution is 2.30. The Morgan fingerprint density at radius 1 is 1.03 bits per heavy atom. The molecule has 4 rings (SSSR count). The number of hydrogen-bond donors (Lipinski definition) is 1. The lowest BCUT2D eigenvalue weighted by Crippen LogP contribution is -2.16. The van der Waals surface area contributed by atoms with Crippen LogP contribution >= 0.6 is 24.8 Å². The van der Waals surface area contributed by atoms with Crippen molar-refractivity contribution in [3.63, 3.8) is 0 Å². The van der Waals surface area contributed by atoms with Crippen LogP contribution in [0.15, 0.2) is 52.9 Å². The Balaban J connectivity index is 0.00000160. The minimum absolute atomic E-state index is 0. The molecule has 30 heavy (non-hydrogen) atoms. The summed E-state index contributed by atoms with van der Waals surface area (Å²) in [5.41, 5.74) is 1.65. The maximum atomic E-state index is 5.98. The Kier molecular flexibility index (Phi) is 8.29. The highest BCUT2D eigenvalue weighted by molar-refractivity contribution is 5.92. The van der Waals surface area contributed by atoms with E-state index in [1.165, 1.54) is 0 Å². The van der Waals surface area contributed by atoms with Crippen LogP contribution in [0, 0.1) is 0 Å². The van der Waals surface area contributed by atoms with Gasteiger partial charge in [-0.1, -0.05) is 18.2 Å². The average molecular weight is 449 g/mol. The summed E-state index contributed by atoms with van der Waals surface area (Å²) >= 11 is 0. The number of anilines is 1. The third-order valence-electron chi connectivity index (χ3n) is 4.62. The van der Waals surface area contributed by atoms with Gasteiger partial charge in [-0.15, -0.1) is 24.8 Å². The number of benzene rings is 2. The molecule has 160 valence electrons. The molecule has 0 radical (unpaired) electrons. The lowest BCUT2D eigenvalue weighted by molar-refractivity contribution is 0.405. The quantitative estimate of drug-likeness (QED) is 0.389. The van der Waals surface area contributed by atoms with Crippen LogP contribution < -0.4 is 10.1 Å². The van der Waals surface area contributed by atoms with E-state index in [1.807, 2.05) is 48.5 Å². The summed E-state index contributed by atoms with van der Waals surface area (Å²) in [6.45, 7) is 1.84. The highest BCUT2D eigenvalue weighted by Gasteiger charge is 2.14. The predicted molar refractivity (Wildman–Crippen MR) is 127 cm³/mol. The second-order valence-corrected chi connectivity index (χ2v) is 7.01. The Morgan fingerprint density at radius 2 is 1.83 bits per heavy atom. The van der Waals surface area contributed by atoms with E-state index in [1.54, 1.807) is 7.11 Å². The molecule has 0 fully saturated rings. The number of nitrogens with zero attached hydrogens (tertiary/aromatic N) is 3. The number of fused-ring (bicyclic) bond motifs is 2. The first-order valence-corrected chi connectivity index (χ1v) is 9.37. The summed E-state index contributed by atoms with van der Waals surface area (Å²) in [7, 11) is 5.81. The summed E-state index contributed by atoms with van der Waals surface area (Å²) in [5.74, 6) is 2.79. The highest BCUT2D eigenvalue weighted by atomic mass is 35.5. The third kappa shape index (κ3) is 5.14. The van der Waals surface area contributed by atoms with Gasteiger partial charge in [-0.3, -0.25) is 0 Å². The van der Waals surface area contributed by atoms with Crippen molar-refractivity contribution >= 4 is 52.5 Å². The van der Waals surface area contributed by atoms with Gasteiger partial charge >= 0.3 is 0 Å². The average Bonchev–Trinajstić information content (AvgIpc) is 3.14. The fourth-order valence-electron chi connectivity index (χ4n) is 3.18. The van der Waals surface area contributed by atoms with Crippen LogP contribution in [0.25, 0.3) is 33.5 Å². The smallest absolute Gasteiger partial charge is 0.198 e. The zero-order valence-corrected chi connectivity index (χ0v) is 18.8. The Morgan fingerprint density at radius 3 is 2.57 bits per heavy atom. The molecule has 2 aromatic carbocycles. The zero-order chi connectivity index (χ0) is 19.5. The molecule has 0 saturated heterocycles.